The first-order chi connectivity index (χ1) is 69.8. The number of rotatable bonds is 15. The van der Waals surface area contributed by atoms with Gasteiger partial charge in [0.2, 0.25) is 0 Å². The summed E-state index contributed by atoms with van der Waals surface area (Å²) < 4.78 is 44.7. The molecule has 19 aromatic carbocycles. The average molecular weight is 1890 g/mol. The molecule has 4 heterocycles. The van der Waals surface area contributed by atoms with Crippen LogP contribution < -0.4 is 47.7 Å². The fourth-order valence-corrected chi connectivity index (χ4v) is 30.6. The summed E-state index contributed by atoms with van der Waals surface area (Å²) in [6, 6.07) is 169. The Labute approximate surface area is 834 Å². The minimum atomic E-state index is -3.07. The molecule has 0 bridgehead atoms. The van der Waals surface area contributed by atoms with Gasteiger partial charge in [-0.1, -0.05) is 478 Å². The molecule has 0 atom stereocenters. The molecular weight excluding hydrogens is 1790 g/mol. The summed E-state index contributed by atoms with van der Waals surface area (Å²) in [5, 5.41) is 14.2. The zero-order valence-electron chi connectivity index (χ0n) is 80.1. The summed E-state index contributed by atoms with van der Waals surface area (Å²) in [5.41, 5.74) is 32.0. The van der Waals surface area contributed by atoms with Crippen molar-refractivity contribution in [3.63, 3.8) is 0 Å². The highest BCUT2D eigenvalue weighted by atomic mass is 31.2. The standard InChI is InChI=1S/C46H34NOP.C45H33N2OP.C42H32NOP/c1-46(2)41-19-11-9-17-39(41)45-44(46)43(40-18-10-12-20-42(40)47-45)32-23-21-31(22-24-32)33-25-26-35-30-38(28-27-34(35)29-33)49(48,36-13-5-3-6-14-36)37-15-7-4-8-16-37;1-45(2)38-19-11-9-17-36(38)44-43(45)42(37-18-10-12-20-41(37)47-44)31-23-21-30(22-24-31)39-27-25-32-29-35(26-28-40(32)46-39)49(48,33-13-5-3-6-14-33)34-15-7-4-8-16-34;1-42(2)37-19-11-9-17-35(37)41-40(42)39(36-18-10-12-20-38(36)43-41)31-23-21-29(22-24-31)30-25-27-34(28-26-30)45(44,32-13-5-3-6-14-32)33-15-7-4-8-16-33/h3-30H,1-2H3;3-29H,1-2H3;3-28H,1-2H3. The van der Waals surface area contributed by atoms with Crippen molar-refractivity contribution in [2.24, 2.45) is 0 Å². The van der Waals surface area contributed by atoms with Crippen LogP contribution in [0, 0.1) is 0 Å². The second kappa shape index (κ2) is 35.8. The molecule has 4 aromatic heterocycles. The van der Waals surface area contributed by atoms with E-state index in [1.807, 2.05) is 218 Å². The summed E-state index contributed by atoms with van der Waals surface area (Å²) in [6.07, 6.45) is 0. The highest BCUT2D eigenvalue weighted by molar-refractivity contribution is 7.86. The van der Waals surface area contributed by atoms with Crippen LogP contribution in [0.1, 0.15) is 74.9 Å². The first-order valence-corrected chi connectivity index (χ1v) is 54.1. The number of fused-ring (bicyclic) bond motifs is 14. The van der Waals surface area contributed by atoms with Gasteiger partial charge in [0.25, 0.3) is 0 Å². The van der Waals surface area contributed by atoms with Gasteiger partial charge in [-0.3, -0.25) is 0 Å². The molecular formula is C133H99N4O3P3. The van der Waals surface area contributed by atoms with Gasteiger partial charge in [0, 0.05) is 108 Å². The van der Waals surface area contributed by atoms with Crippen LogP contribution in [-0.2, 0) is 29.9 Å². The Hall–Kier alpha value is -16.2. The van der Waals surface area contributed by atoms with E-state index in [9.17, 15) is 13.7 Å². The molecule has 0 amide bonds. The van der Waals surface area contributed by atoms with Gasteiger partial charge in [0.15, 0.2) is 21.4 Å². The minimum absolute atomic E-state index is 0.168. The number of benzene rings is 19. The van der Waals surface area contributed by atoms with Crippen molar-refractivity contribution in [1.82, 2.24) is 19.9 Å². The molecule has 0 radical (unpaired) electrons. The van der Waals surface area contributed by atoms with Gasteiger partial charge in [-0.05, 0) is 154 Å². The maximum absolute atomic E-state index is 15.0. The van der Waals surface area contributed by atoms with Crippen molar-refractivity contribution >= 4 is 124 Å². The molecule has 0 aliphatic heterocycles. The quantitative estimate of drug-likeness (QED) is 0.0942. The molecule has 0 N–H and O–H groups in total. The second-order valence-electron chi connectivity index (χ2n) is 39.1. The van der Waals surface area contributed by atoms with E-state index in [4.69, 9.17) is 19.9 Å². The third-order valence-corrected chi connectivity index (χ3v) is 39.0. The van der Waals surface area contributed by atoms with Crippen LogP contribution in [0.25, 0.3) is 155 Å². The van der Waals surface area contributed by atoms with Crippen molar-refractivity contribution in [2.45, 2.75) is 57.8 Å². The zero-order valence-corrected chi connectivity index (χ0v) is 82.8. The van der Waals surface area contributed by atoms with Crippen LogP contribution in [0.3, 0.4) is 0 Å². The normalized spacial score (nSPS) is 13.4. The number of nitrogens with zero attached hydrogens (tertiary/aromatic N) is 4. The van der Waals surface area contributed by atoms with E-state index in [-0.39, 0.29) is 16.2 Å². The molecule has 3 aliphatic rings. The van der Waals surface area contributed by atoms with Crippen LogP contribution in [0.15, 0.2) is 491 Å². The predicted molar refractivity (Wildman–Crippen MR) is 602 cm³/mol. The third-order valence-electron chi connectivity index (χ3n) is 29.8. The van der Waals surface area contributed by atoms with Gasteiger partial charge in [-0.15, -0.1) is 0 Å². The lowest BCUT2D eigenvalue weighted by Gasteiger charge is -2.25. The Morgan fingerprint density at radius 3 is 0.790 bits per heavy atom. The summed E-state index contributed by atoms with van der Waals surface area (Å²) in [7, 11) is -9.12. The van der Waals surface area contributed by atoms with Crippen molar-refractivity contribution in [2.75, 3.05) is 0 Å². The van der Waals surface area contributed by atoms with Crippen LogP contribution in [-0.4, -0.2) is 19.9 Å². The zero-order chi connectivity index (χ0) is 96.9. The van der Waals surface area contributed by atoms with Crippen LogP contribution in [0.4, 0.5) is 0 Å². The lowest BCUT2D eigenvalue weighted by molar-refractivity contribution is 0.591. The van der Waals surface area contributed by atoms with Crippen molar-refractivity contribution in [1.29, 1.82) is 0 Å². The monoisotopic (exact) mass is 1890 g/mol. The lowest BCUT2D eigenvalue weighted by Crippen LogP contribution is -2.24. The van der Waals surface area contributed by atoms with Gasteiger partial charge in [0.1, 0.15) is 0 Å². The molecule has 0 unspecified atom stereocenters. The van der Waals surface area contributed by atoms with E-state index in [0.29, 0.717) is 0 Å². The molecule has 0 fully saturated rings. The first-order valence-electron chi connectivity index (χ1n) is 48.9. The van der Waals surface area contributed by atoms with E-state index in [1.165, 1.54) is 94.2 Å². The Bertz CT molecular complexity index is 8600. The number of hydrogen-bond acceptors (Lipinski definition) is 7. The number of pyridine rings is 4. The highest BCUT2D eigenvalue weighted by Crippen LogP contribution is 2.58. The summed E-state index contributed by atoms with van der Waals surface area (Å²) in [6.45, 7) is 13.9. The molecule has 0 spiro atoms. The SMILES string of the molecule is CC1(C)c2ccccc2-c2nc3ccccc3c(-c3ccc(-c4ccc(P(=O)(c5ccccc5)c5ccccc5)cc4)cc3)c21.CC1(C)c2ccccc2-c2nc3ccccc3c(-c3ccc(-c4ccc5cc(P(=O)(c6ccccc6)c6ccccc6)ccc5c4)cc3)c21.CC1(C)c2ccccc2-c2nc3ccccc3c(-c3ccc(-c4ccc5cc(P(=O)(c6ccccc6)c6ccccc6)ccc5n4)cc3)c21. The topological polar surface area (TPSA) is 103 Å². The molecule has 10 heteroatoms. The van der Waals surface area contributed by atoms with E-state index in [2.05, 4.69) is 315 Å². The van der Waals surface area contributed by atoms with Gasteiger partial charge in [0.05, 0.1) is 44.8 Å². The third kappa shape index (κ3) is 15.2. The fraction of sp³-hybridized carbons (Fsp3) is 0.0677. The second-order valence-corrected chi connectivity index (χ2v) is 47.4. The average Bonchev–Trinajstić information content (AvgIpc) is 1.56. The maximum atomic E-state index is 15.0. The smallest absolute Gasteiger partial charge is 0.171 e. The number of aromatic nitrogens is 4. The number of para-hydroxylation sites is 3. The molecule has 26 rings (SSSR count). The van der Waals surface area contributed by atoms with E-state index < -0.39 is 21.4 Å². The molecule has 7 nitrogen and oxygen atoms in total. The molecule has 0 saturated heterocycles. The van der Waals surface area contributed by atoms with Crippen molar-refractivity contribution in [3.8, 4) is 101 Å². The Morgan fingerprint density at radius 2 is 0.427 bits per heavy atom. The molecule has 0 saturated carbocycles. The predicted octanol–water partition coefficient (Wildman–Crippen LogP) is 30.2. The molecule has 143 heavy (non-hydrogen) atoms. The van der Waals surface area contributed by atoms with Gasteiger partial charge in [-0.25, -0.2) is 19.9 Å². The lowest BCUT2D eigenvalue weighted by atomic mass is 9.78. The largest absolute Gasteiger partial charge is 0.309 e. The molecule has 684 valence electrons. The van der Waals surface area contributed by atoms with Crippen LogP contribution >= 0.6 is 21.4 Å². The van der Waals surface area contributed by atoms with Gasteiger partial charge in [-0.2, -0.15) is 0 Å². The van der Waals surface area contributed by atoms with E-state index in [0.717, 1.165) is 142 Å². The fourth-order valence-electron chi connectivity index (χ4n) is 22.6. The van der Waals surface area contributed by atoms with E-state index >= 15 is 0 Å². The first kappa shape index (κ1) is 89.4. The maximum Gasteiger partial charge on any atom is 0.171 e. The van der Waals surface area contributed by atoms with Gasteiger partial charge < -0.3 is 13.7 Å². The summed E-state index contributed by atoms with van der Waals surface area (Å²) in [5.74, 6) is 0. The van der Waals surface area contributed by atoms with E-state index in [1.54, 1.807) is 0 Å². The molecule has 23 aromatic rings. The summed E-state index contributed by atoms with van der Waals surface area (Å²) in [4.78, 5) is 20.7. The highest BCUT2D eigenvalue weighted by Gasteiger charge is 2.44. The van der Waals surface area contributed by atoms with Crippen LogP contribution in [0.5, 0.6) is 0 Å². The van der Waals surface area contributed by atoms with Crippen molar-refractivity contribution < 1.29 is 13.7 Å². The van der Waals surface area contributed by atoms with Crippen LogP contribution in [0.2, 0.25) is 0 Å². The molecule has 3 aliphatic carbocycles. The van der Waals surface area contributed by atoms with Crippen molar-refractivity contribution in [3.05, 3.63) is 525 Å². The Balaban J connectivity index is 0.000000116. The van der Waals surface area contributed by atoms with Gasteiger partial charge >= 0.3 is 0 Å². The Kier molecular flexibility index (Phi) is 22.4. The minimum Gasteiger partial charge on any atom is -0.309 e. The summed E-state index contributed by atoms with van der Waals surface area (Å²) >= 11 is 0. The number of hydrogen-bond donors (Lipinski definition) is 0. The Morgan fingerprint density at radius 1 is 0.182 bits per heavy atom.